The fraction of sp³-hybridized carbons (Fsp3) is 1.00. The average molecular weight is 138 g/mol. The van der Waals surface area contributed by atoms with Gasteiger partial charge in [0.1, 0.15) is 0 Å². The van der Waals surface area contributed by atoms with E-state index in [1.807, 2.05) is 0 Å². The third kappa shape index (κ3) is 0.800. The molecule has 0 radical (unpaired) electrons. The van der Waals surface area contributed by atoms with E-state index in [4.69, 9.17) is 4.74 Å². The van der Waals surface area contributed by atoms with Crippen LogP contribution in [0.2, 0.25) is 0 Å². The van der Waals surface area contributed by atoms with Crippen molar-refractivity contribution in [2.45, 2.75) is 44.3 Å². The Balaban J connectivity index is 1.67. The van der Waals surface area contributed by atoms with Gasteiger partial charge in [-0.2, -0.15) is 0 Å². The summed E-state index contributed by atoms with van der Waals surface area (Å²) in [6, 6.07) is 0. The zero-order valence-corrected chi connectivity index (χ0v) is 6.25. The highest BCUT2D eigenvalue weighted by Crippen LogP contribution is 2.50. The van der Waals surface area contributed by atoms with Gasteiger partial charge in [0.15, 0.2) is 0 Å². The fourth-order valence-electron chi connectivity index (χ4n) is 2.46. The highest BCUT2D eigenvalue weighted by molar-refractivity contribution is 4.95. The second-order valence-corrected chi connectivity index (χ2v) is 4.12. The first kappa shape index (κ1) is 5.59. The molecule has 2 aliphatic carbocycles. The smallest absolute Gasteiger partial charge is 0.0842 e. The summed E-state index contributed by atoms with van der Waals surface area (Å²) in [6.07, 6.45) is 8.59. The van der Waals surface area contributed by atoms with E-state index < -0.39 is 0 Å². The Hall–Kier alpha value is -0.0400. The van der Waals surface area contributed by atoms with Crippen molar-refractivity contribution in [1.82, 2.24) is 0 Å². The molecule has 0 aromatic carbocycles. The minimum atomic E-state index is 0.696. The van der Waals surface area contributed by atoms with Gasteiger partial charge in [0, 0.05) is 0 Å². The summed E-state index contributed by atoms with van der Waals surface area (Å²) in [7, 11) is 0. The molecule has 0 amide bonds. The lowest BCUT2D eigenvalue weighted by molar-refractivity contribution is 0.354. The molecule has 56 valence electrons. The van der Waals surface area contributed by atoms with Crippen LogP contribution in [0.5, 0.6) is 0 Å². The maximum atomic E-state index is 5.51. The van der Waals surface area contributed by atoms with Gasteiger partial charge < -0.3 is 4.74 Å². The van der Waals surface area contributed by atoms with E-state index >= 15 is 0 Å². The molecule has 1 saturated heterocycles. The van der Waals surface area contributed by atoms with Crippen molar-refractivity contribution in [3.05, 3.63) is 0 Å². The van der Waals surface area contributed by atoms with E-state index in [2.05, 4.69) is 0 Å². The van der Waals surface area contributed by atoms with Gasteiger partial charge in [-0.05, 0) is 43.9 Å². The van der Waals surface area contributed by atoms with E-state index in [-0.39, 0.29) is 0 Å². The molecule has 3 rings (SSSR count). The van der Waals surface area contributed by atoms with E-state index in [9.17, 15) is 0 Å². The summed E-state index contributed by atoms with van der Waals surface area (Å²) in [6.45, 7) is 0. The Bertz CT molecular complexity index is 121. The topological polar surface area (TPSA) is 12.5 Å². The van der Waals surface area contributed by atoms with Crippen LogP contribution in [0.4, 0.5) is 0 Å². The van der Waals surface area contributed by atoms with Crippen molar-refractivity contribution in [3.8, 4) is 0 Å². The normalized spacial score (nSPS) is 57.6. The van der Waals surface area contributed by atoms with Crippen LogP contribution in [-0.2, 0) is 4.74 Å². The van der Waals surface area contributed by atoms with Crippen LogP contribution in [0.15, 0.2) is 0 Å². The molecule has 0 N–H and O–H groups in total. The summed E-state index contributed by atoms with van der Waals surface area (Å²) >= 11 is 0. The van der Waals surface area contributed by atoms with Gasteiger partial charge in [0.2, 0.25) is 0 Å². The molecule has 10 heavy (non-hydrogen) atoms. The van der Waals surface area contributed by atoms with Crippen LogP contribution < -0.4 is 0 Å². The summed E-state index contributed by atoms with van der Waals surface area (Å²) in [5.74, 6) is 2.23. The number of epoxide rings is 1. The van der Waals surface area contributed by atoms with Crippen molar-refractivity contribution in [3.63, 3.8) is 0 Å². The lowest BCUT2D eigenvalue weighted by Gasteiger charge is -2.01. The minimum Gasteiger partial charge on any atom is -0.370 e. The Morgan fingerprint density at radius 3 is 2.00 bits per heavy atom. The molecule has 1 aliphatic heterocycles. The van der Waals surface area contributed by atoms with E-state index in [1.54, 1.807) is 6.42 Å². The molecule has 0 spiro atoms. The van der Waals surface area contributed by atoms with E-state index in [0.717, 1.165) is 11.8 Å². The molecular weight excluding hydrogens is 124 g/mol. The summed E-state index contributed by atoms with van der Waals surface area (Å²) in [4.78, 5) is 0. The lowest BCUT2D eigenvalue weighted by atomic mass is 10.0. The predicted octanol–water partition coefficient (Wildman–Crippen LogP) is 1.96. The van der Waals surface area contributed by atoms with Gasteiger partial charge in [-0.15, -0.1) is 0 Å². The van der Waals surface area contributed by atoms with Crippen molar-refractivity contribution in [2.24, 2.45) is 11.8 Å². The van der Waals surface area contributed by atoms with Crippen LogP contribution in [0, 0.1) is 11.8 Å². The molecule has 3 aliphatic rings. The number of hydrogen-bond acceptors (Lipinski definition) is 1. The Kier molecular flexibility index (Phi) is 0.984. The first-order chi connectivity index (χ1) is 4.93. The van der Waals surface area contributed by atoms with Crippen LogP contribution >= 0.6 is 0 Å². The summed E-state index contributed by atoms with van der Waals surface area (Å²) < 4.78 is 5.51. The van der Waals surface area contributed by atoms with Crippen LogP contribution in [0.3, 0.4) is 0 Å². The average Bonchev–Trinajstić information content (AvgIpc) is 2.70. The van der Waals surface area contributed by atoms with Gasteiger partial charge in [-0.3, -0.25) is 0 Å². The SMILES string of the molecule is C1CC2OC2CCC2CC12. The van der Waals surface area contributed by atoms with Crippen LogP contribution in [-0.4, -0.2) is 12.2 Å². The molecule has 4 atom stereocenters. The zero-order valence-electron chi connectivity index (χ0n) is 6.25. The zero-order chi connectivity index (χ0) is 6.55. The first-order valence-corrected chi connectivity index (χ1v) is 4.59. The minimum absolute atomic E-state index is 0.696. The standard InChI is InChI=1S/C9H14O/c1-3-8-9(10-8)4-2-7-5-6(1)7/h6-9H,1-5H2. The molecule has 2 saturated carbocycles. The highest BCUT2D eigenvalue weighted by Gasteiger charge is 2.46. The van der Waals surface area contributed by atoms with Crippen molar-refractivity contribution in [2.75, 3.05) is 0 Å². The van der Waals surface area contributed by atoms with E-state index in [1.165, 1.54) is 25.7 Å². The quantitative estimate of drug-likeness (QED) is 0.466. The Morgan fingerprint density at radius 1 is 0.800 bits per heavy atom. The number of fused-ring (bicyclic) bond motifs is 2. The van der Waals surface area contributed by atoms with Gasteiger partial charge in [-0.25, -0.2) is 0 Å². The molecular formula is C9H14O. The third-order valence-corrected chi connectivity index (χ3v) is 3.40. The largest absolute Gasteiger partial charge is 0.370 e. The maximum Gasteiger partial charge on any atom is 0.0842 e. The van der Waals surface area contributed by atoms with Crippen LogP contribution in [0.25, 0.3) is 0 Å². The fourth-order valence-corrected chi connectivity index (χ4v) is 2.46. The first-order valence-electron chi connectivity index (χ1n) is 4.59. The molecule has 4 unspecified atom stereocenters. The van der Waals surface area contributed by atoms with Crippen molar-refractivity contribution in [1.29, 1.82) is 0 Å². The number of rotatable bonds is 0. The Morgan fingerprint density at radius 2 is 1.40 bits per heavy atom. The lowest BCUT2D eigenvalue weighted by Crippen LogP contribution is -2.00. The van der Waals surface area contributed by atoms with Crippen LogP contribution in [0.1, 0.15) is 32.1 Å². The summed E-state index contributed by atoms with van der Waals surface area (Å²) in [5, 5.41) is 0. The van der Waals surface area contributed by atoms with Crippen molar-refractivity contribution < 1.29 is 4.74 Å². The highest BCUT2D eigenvalue weighted by atomic mass is 16.6. The maximum absolute atomic E-state index is 5.51. The third-order valence-electron chi connectivity index (χ3n) is 3.40. The molecule has 0 bridgehead atoms. The second-order valence-electron chi connectivity index (χ2n) is 4.12. The predicted molar refractivity (Wildman–Crippen MR) is 38.7 cm³/mol. The van der Waals surface area contributed by atoms with Gasteiger partial charge in [0.25, 0.3) is 0 Å². The summed E-state index contributed by atoms with van der Waals surface area (Å²) in [5.41, 5.74) is 0. The van der Waals surface area contributed by atoms with Crippen molar-refractivity contribution >= 4 is 0 Å². The molecule has 0 aromatic heterocycles. The van der Waals surface area contributed by atoms with Gasteiger partial charge >= 0.3 is 0 Å². The van der Waals surface area contributed by atoms with Gasteiger partial charge in [0.05, 0.1) is 12.2 Å². The second kappa shape index (κ2) is 1.76. The van der Waals surface area contributed by atoms with Gasteiger partial charge in [-0.1, -0.05) is 0 Å². The Labute approximate surface area is 61.8 Å². The number of ether oxygens (including phenoxy) is 1. The molecule has 0 aromatic rings. The van der Waals surface area contributed by atoms with E-state index in [0.29, 0.717) is 12.2 Å². The molecule has 1 heteroatoms. The molecule has 1 nitrogen and oxygen atoms in total. The molecule has 1 heterocycles. The monoisotopic (exact) mass is 138 g/mol. The number of hydrogen-bond donors (Lipinski definition) is 0. The molecule has 3 fully saturated rings.